The monoisotopic (exact) mass is 802 g/mol. The molecule has 7 rings (SSSR count). The Hall–Kier alpha value is -4.83. The van der Waals surface area contributed by atoms with E-state index < -0.39 is 24.3 Å². The van der Waals surface area contributed by atoms with Crippen LogP contribution in [0.4, 0.5) is 9.59 Å². The van der Waals surface area contributed by atoms with Gasteiger partial charge < -0.3 is 39.9 Å². The van der Waals surface area contributed by atoms with Crippen LogP contribution in [-0.4, -0.2) is 98.9 Å². The summed E-state index contributed by atoms with van der Waals surface area (Å²) in [6, 6.07) is 6.86. The number of nitrogens with one attached hydrogen (secondary N) is 4. The van der Waals surface area contributed by atoms with Crippen LogP contribution in [0.5, 0.6) is 0 Å². The van der Waals surface area contributed by atoms with Crippen LogP contribution in [0.25, 0.3) is 22.5 Å². The van der Waals surface area contributed by atoms with Gasteiger partial charge in [0.2, 0.25) is 11.8 Å². The van der Waals surface area contributed by atoms with Crippen LogP contribution in [0.2, 0.25) is 0 Å². The smallest absolute Gasteiger partial charge is 0.407 e. The van der Waals surface area contributed by atoms with E-state index in [1.807, 2.05) is 61.7 Å². The lowest BCUT2D eigenvalue weighted by molar-refractivity contribution is -0.136. The Morgan fingerprint density at radius 1 is 0.786 bits per heavy atom. The van der Waals surface area contributed by atoms with Crippen LogP contribution in [0.15, 0.2) is 46.9 Å². The molecular weight excluding hydrogens is 753 g/mol. The van der Waals surface area contributed by atoms with E-state index in [2.05, 4.69) is 50.2 Å². The first-order valence-electron chi connectivity index (χ1n) is 19.2. The number of methoxy groups -OCH3 is 2. The molecule has 6 heterocycles. The SMILES string of the molecule is COC(=O)N[C@H](C(=O)N1CCCC1c1ncc(-c2ccc(C3CSc4c(-c5cnc(C6CCCN6C(=O)[C@@H](NC(=O)OC)C(C)C)[nH]5)csc43)cc2)[nH]1)C(C)C. The molecule has 0 aliphatic carbocycles. The van der Waals surface area contributed by atoms with Gasteiger partial charge in [0.05, 0.1) is 50.1 Å². The number of aromatic nitrogens is 4. The predicted molar refractivity (Wildman–Crippen MR) is 214 cm³/mol. The second kappa shape index (κ2) is 16.7. The number of amides is 4. The van der Waals surface area contributed by atoms with Crippen LogP contribution in [0.3, 0.4) is 0 Å². The van der Waals surface area contributed by atoms with Gasteiger partial charge in [0.25, 0.3) is 0 Å². The lowest BCUT2D eigenvalue weighted by Gasteiger charge is -2.30. The maximum Gasteiger partial charge on any atom is 0.407 e. The molecule has 1 aromatic carbocycles. The Kier molecular flexibility index (Phi) is 11.8. The molecule has 3 aliphatic rings. The van der Waals surface area contributed by atoms with Gasteiger partial charge in [-0.3, -0.25) is 9.59 Å². The van der Waals surface area contributed by atoms with Gasteiger partial charge in [-0.1, -0.05) is 52.0 Å². The number of hydrogen-bond donors (Lipinski definition) is 4. The van der Waals surface area contributed by atoms with Gasteiger partial charge in [-0.15, -0.1) is 23.1 Å². The average Bonchev–Trinajstić information content (AvgIpc) is 4.04. The Morgan fingerprint density at radius 2 is 1.30 bits per heavy atom. The average molecular weight is 803 g/mol. The molecule has 5 atom stereocenters. The third-order valence-electron chi connectivity index (χ3n) is 11.1. The summed E-state index contributed by atoms with van der Waals surface area (Å²) in [5.41, 5.74) is 5.20. The molecule has 4 amide bonds. The fourth-order valence-corrected chi connectivity index (χ4v) is 10.9. The summed E-state index contributed by atoms with van der Waals surface area (Å²) in [6.45, 7) is 8.84. The van der Waals surface area contributed by atoms with Gasteiger partial charge in [-0.2, -0.15) is 0 Å². The minimum absolute atomic E-state index is 0.0996. The van der Waals surface area contributed by atoms with Crippen molar-refractivity contribution in [1.29, 1.82) is 0 Å². The molecule has 298 valence electrons. The number of likely N-dealkylation sites (tertiary alicyclic amines) is 2. The molecule has 14 nitrogen and oxygen atoms in total. The Labute approximate surface area is 334 Å². The van der Waals surface area contributed by atoms with E-state index >= 15 is 0 Å². The molecule has 3 aliphatic heterocycles. The summed E-state index contributed by atoms with van der Waals surface area (Å²) >= 11 is 3.62. The fraction of sp³-hybridized carbons (Fsp3) is 0.500. The number of carbonyl (C=O) groups is 4. The number of benzene rings is 1. The molecule has 4 N–H and O–H groups in total. The molecule has 2 saturated heterocycles. The first kappa shape index (κ1) is 39.4. The summed E-state index contributed by atoms with van der Waals surface area (Å²) in [6.07, 6.45) is 5.76. The third-order valence-corrected chi connectivity index (χ3v) is 13.5. The van der Waals surface area contributed by atoms with Crippen molar-refractivity contribution in [2.45, 2.75) is 88.4 Å². The minimum Gasteiger partial charge on any atom is -0.453 e. The number of thiophene rings is 1. The number of thioether (sulfide) groups is 1. The van der Waals surface area contributed by atoms with E-state index in [0.29, 0.717) is 13.1 Å². The summed E-state index contributed by atoms with van der Waals surface area (Å²) in [5, 5.41) is 7.61. The normalized spacial score (nSPS) is 20.3. The van der Waals surface area contributed by atoms with Crippen molar-refractivity contribution in [3.05, 3.63) is 64.1 Å². The zero-order chi connectivity index (χ0) is 39.7. The third kappa shape index (κ3) is 7.77. The molecule has 0 saturated carbocycles. The number of nitrogens with zero attached hydrogens (tertiary/aromatic N) is 4. The number of aromatic amines is 2. The summed E-state index contributed by atoms with van der Waals surface area (Å²) < 4.78 is 9.54. The van der Waals surface area contributed by atoms with Crippen molar-refractivity contribution in [1.82, 2.24) is 40.4 Å². The van der Waals surface area contributed by atoms with Crippen LogP contribution in [-0.2, 0) is 19.1 Å². The molecule has 2 fully saturated rings. The van der Waals surface area contributed by atoms with Gasteiger partial charge in [-0.25, -0.2) is 19.6 Å². The van der Waals surface area contributed by atoms with E-state index in [9.17, 15) is 19.2 Å². The van der Waals surface area contributed by atoms with E-state index in [1.165, 1.54) is 29.6 Å². The van der Waals surface area contributed by atoms with Gasteiger partial charge in [0.15, 0.2) is 0 Å². The van der Waals surface area contributed by atoms with Gasteiger partial charge in [0, 0.05) is 45.5 Å². The molecule has 0 spiro atoms. The van der Waals surface area contributed by atoms with Crippen molar-refractivity contribution < 1.29 is 28.7 Å². The van der Waals surface area contributed by atoms with Gasteiger partial charge >= 0.3 is 12.2 Å². The number of ether oxygens (including phenoxy) is 2. The summed E-state index contributed by atoms with van der Waals surface area (Å²) in [4.78, 5) is 73.9. The first-order valence-corrected chi connectivity index (χ1v) is 21.1. The van der Waals surface area contributed by atoms with E-state index in [4.69, 9.17) is 19.4 Å². The molecule has 3 aromatic heterocycles. The second-order valence-electron chi connectivity index (χ2n) is 15.3. The number of fused-ring (bicyclic) bond motifs is 1. The summed E-state index contributed by atoms with van der Waals surface area (Å²) in [7, 11) is 2.59. The summed E-state index contributed by atoms with van der Waals surface area (Å²) in [5.74, 6) is 2.23. The number of rotatable bonds is 11. The number of hydrogen-bond acceptors (Lipinski definition) is 10. The number of H-pyrrole nitrogens is 2. The topological polar surface area (TPSA) is 175 Å². The highest BCUT2D eigenvalue weighted by atomic mass is 32.2. The van der Waals surface area contributed by atoms with Crippen molar-refractivity contribution in [3.8, 4) is 22.5 Å². The fourth-order valence-electron chi connectivity index (χ4n) is 8.00. The largest absolute Gasteiger partial charge is 0.453 e. The molecule has 3 unspecified atom stereocenters. The van der Waals surface area contributed by atoms with Gasteiger partial charge in [-0.05, 0) is 48.6 Å². The minimum atomic E-state index is -0.683. The Balaban J connectivity index is 1.03. The molecule has 16 heteroatoms. The number of alkyl carbamates (subject to hydrolysis) is 2. The standard InChI is InChI=1S/C40H50N8O6S2/c1-21(2)31(45-39(51)53-5)37(49)47-15-7-9-29(47)35-41-17-27(43-35)24-13-11-23(12-14-24)25-19-55-34-26(20-56-33(25)34)28-18-42-36(44-28)30-10-8-16-48(30)38(50)32(22(3)4)46-40(52)54-6/h11-14,17-18,20-22,25,29-32H,7-10,15-16,19H2,1-6H3,(H,41,43)(H,42,44)(H,45,51)(H,46,52)/t25?,29?,30?,31-,32-/m0/s1. The van der Waals surface area contributed by atoms with Crippen LogP contribution < -0.4 is 10.6 Å². The van der Waals surface area contributed by atoms with Crippen molar-refractivity contribution in [3.63, 3.8) is 0 Å². The highest BCUT2D eigenvalue weighted by Crippen LogP contribution is 2.51. The Morgan fingerprint density at radius 3 is 1.82 bits per heavy atom. The van der Waals surface area contributed by atoms with Crippen molar-refractivity contribution in [2.75, 3.05) is 33.1 Å². The van der Waals surface area contributed by atoms with E-state index in [-0.39, 0.29) is 41.7 Å². The molecule has 0 radical (unpaired) electrons. The van der Waals surface area contributed by atoms with Crippen molar-refractivity contribution in [2.24, 2.45) is 11.8 Å². The maximum atomic E-state index is 13.6. The number of imidazole rings is 2. The molecule has 0 bridgehead atoms. The zero-order valence-corrected chi connectivity index (χ0v) is 34.2. The highest BCUT2D eigenvalue weighted by Gasteiger charge is 2.39. The van der Waals surface area contributed by atoms with Crippen LogP contribution in [0.1, 0.15) is 93.5 Å². The number of carbonyl (C=O) groups excluding carboxylic acids is 4. The highest BCUT2D eigenvalue weighted by molar-refractivity contribution is 8.00. The van der Waals surface area contributed by atoms with E-state index in [1.54, 1.807) is 11.3 Å². The quantitative estimate of drug-likeness (QED) is 0.126. The zero-order valence-electron chi connectivity index (χ0n) is 32.6. The molecule has 4 aromatic rings. The maximum absolute atomic E-state index is 13.6. The Bertz CT molecular complexity index is 2060. The van der Waals surface area contributed by atoms with Gasteiger partial charge in [0.1, 0.15) is 23.7 Å². The second-order valence-corrected chi connectivity index (χ2v) is 17.2. The van der Waals surface area contributed by atoms with Crippen molar-refractivity contribution >= 4 is 47.1 Å². The van der Waals surface area contributed by atoms with Crippen LogP contribution >= 0.6 is 23.1 Å². The van der Waals surface area contributed by atoms with E-state index in [0.717, 1.165) is 65.6 Å². The van der Waals surface area contributed by atoms with Crippen LogP contribution in [0, 0.1) is 11.8 Å². The molecule has 56 heavy (non-hydrogen) atoms. The predicted octanol–water partition coefficient (Wildman–Crippen LogP) is 6.85. The molecular formula is C40H50N8O6S2. The lowest BCUT2D eigenvalue weighted by atomic mass is 9.97. The first-order chi connectivity index (χ1) is 27.0. The lowest BCUT2D eigenvalue weighted by Crippen LogP contribution is -2.51.